The molecule has 7 nitrogen and oxygen atoms in total. The van der Waals surface area contributed by atoms with E-state index in [4.69, 9.17) is 14.2 Å². The summed E-state index contributed by atoms with van der Waals surface area (Å²) in [7, 11) is 1.43. The standard InChI is InChI=1S/C17H23NO6/c1-11(19)12-6-7-13(14(8-12)22-5)23-10-16(21)24-9-15(20)18-17(2,3)4/h6-8H,9-10H2,1-5H3,(H,18,20). The number of hydrogen-bond acceptors (Lipinski definition) is 6. The van der Waals surface area contributed by atoms with Crippen LogP contribution in [0.1, 0.15) is 38.1 Å². The molecule has 0 unspecified atom stereocenters. The van der Waals surface area contributed by atoms with Crippen LogP contribution in [-0.4, -0.2) is 43.5 Å². The van der Waals surface area contributed by atoms with Crippen molar-refractivity contribution in [2.75, 3.05) is 20.3 Å². The van der Waals surface area contributed by atoms with Gasteiger partial charge in [0.25, 0.3) is 5.91 Å². The molecule has 0 aliphatic carbocycles. The Morgan fingerprint density at radius 3 is 2.29 bits per heavy atom. The Labute approximate surface area is 141 Å². The van der Waals surface area contributed by atoms with Crippen molar-refractivity contribution in [3.63, 3.8) is 0 Å². The van der Waals surface area contributed by atoms with Crippen LogP contribution >= 0.6 is 0 Å². The molecule has 0 spiro atoms. The van der Waals surface area contributed by atoms with Crippen LogP contribution < -0.4 is 14.8 Å². The monoisotopic (exact) mass is 337 g/mol. The van der Waals surface area contributed by atoms with Crippen LogP contribution in [-0.2, 0) is 14.3 Å². The molecule has 0 saturated heterocycles. The van der Waals surface area contributed by atoms with E-state index in [1.165, 1.54) is 26.2 Å². The van der Waals surface area contributed by atoms with E-state index in [0.717, 1.165) is 0 Å². The quantitative estimate of drug-likeness (QED) is 0.602. The normalized spacial score (nSPS) is 10.7. The van der Waals surface area contributed by atoms with Crippen molar-refractivity contribution in [3.05, 3.63) is 23.8 Å². The first kappa shape index (κ1) is 19.5. The lowest BCUT2D eigenvalue weighted by molar-refractivity contribution is -0.150. The minimum absolute atomic E-state index is 0.107. The Morgan fingerprint density at radius 1 is 1.08 bits per heavy atom. The van der Waals surface area contributed by atoms with Crippen LogP contribution in [0.15, 0.2) is 18.2 Å². The third kappa shape index (κ3) is 6.68. The summed E-state index contributed by atoms with van der Waals surface area (Å²) >= 11 is 0. The van der Waals surface area contributed by atoms with E-state index in [1.54, 1.807) is 6.07 Å². The van der Waals surface area contributed by atoms with Crippen LogP contribution in [0, 0.1) is 0 Å². The number of nitrogens with one attached hydrogen (secondary N) is 1. The highest BCUT2D eigenvalue weighted by molar-refractivity contribution is 5.94. The molecule has 1 aromatic rings. The van der Waals surface area contributed by atoms with Crippen LogP contribution in [0.25, 0.3) is 0 Å². The second kappa shape index (κ2) is 8.33. The maximum Gasteiger partial charge on any atom is 0.344 e. The van der Waals surface area contributed by atoms with Gasteiger partial charge in [0.2, 0.25) is 0 Å². The molecule has 0 bridgehead atoms. The van der Waals surface area contributed by atoms with E-state index < -0.39 is 11.5 Å². The van der Waals surface area contributed by atoms with Gasteiger partial charge < -0.3 is 19.5 Å². The lowest BCUT2D eigenvalue weighted by atomic mass is 10.1. The zero-order valence-electron chi connectivity index (χ0n) is 14.6. The second-order valence-electron chi connectivity index (χ2n) is 6.17. The van der Waals surface area contributed by atoms with Gasteiger partial charge in [0.15, 0.2) is 30.5 Å². The predicted molar refractivity (Wildman–Crippen MR) is 87.3 cm³/mol. The molecule has 0 radical (unpaired) electrons. The Bertz CT molecular complexity index is 618. The maximum absolute atomic E-state index is 11.6. The van der Waals surface area contributed by atoms with Crippen LogP contribution in [0.5, 0.6) is 11.5 Å². The van der Waals surface area contributed by atoms with E-state index in [9.17, 15) is 14.4 Å². The molecule has 7 heteroatoms. The zero-order valence-corrected chi connectivity index (χ0v) is 14.6. The van der Waals surface area contributed by atoms with Crippen LogP contribution in [0.4, 0.5) is 0 Å². The average molecular weight is 337 g/mol. The van der Waals surface area contributed by atoms with Crippen molar-refractivity contribution < 1.29 is 28.6 Å². The molecule has 0 aliphatic rings. The van der Waals surface area contributed by atoms with Gasteiger partial charge in [-0.2, -0.15) is 0 Å². The summed E-state index contributed by atoms with van der Waals surface area (Å²) in [5.41, 5.74) is 0.0758. The summed E-state index contributed by atoms with van der Waals surface area (Å²) in [6.45, 7) is 6.17. The molecular weight excluding hydrogens is 314 g/mol. The number of Topliss-reactive ketones (excluding diaryl/α,β-unsaturated/α-hetero) is 1. The maximum atomic E-state index is 11.6. The van der Waals surface area contributed by atoms with Crippen molar-refractivity contribution in [3.8, 4) is 11.5 Å². The fourth-order valence-electron chi connectivity index (χ4n) is 1.78. The Morgan fingerprint density at radius 2 is 1.75 bits per heavy atom. The smallest absolute Gasteiger partial charge is 0.344 e. The molecule has 24 heavy (non-hydrogen) atoms. The van der Waals surface area contributed by atoms with E-state index in [1.807, 2.05) is 20.8 Å². The van der Waals surface area contributed by atoms with Gasteiger partial charge in [-0.1, -0.05) is 0 Å². The van der Waals surface area contributed by atoms with Crippen molar-refractivity contribution >= 4 is 17.7 Å². The Kier molecular flexibility index (Phi) is 6.76. The number of ether oxygens (including phenoxy) is 3. The van der Waals surface area contributed by atoms with Gasteiger partial charge in [-0.3, -0.25) is 9.59 Å². The summed E-state index contributed by atoms with van der Waals surface area (Å²) in [6.07, 6.45) is 0. The molecule has 0 saturated carbocycles. The number of carbonyl (C=O) groups is 3. The molecule has 1 aromatic carbocycles. The number of esters is 1. The third-order valence-corrected chi connectivity index (χ3v) is 2.79. The molecule has 0 fully saturated rings. The molecule has 0 aliphatic heterocycles. The number of carbonyl (C=O) groups excluding carboxylic acids is 3. The van der Waals surface area contributed by atoms with Crippen molar-refractivity contribution in [2.45, 2.75) is 33.2 Å². The minimum atomic E-state index is -0.684. The number of benzene rings is 1. The Hall–Kier alpha value is -2.57. The van der Waals surface area contributed by atoms with Crippen LogP contribution in [0.2, 0.25) is 0 Å². The number of ketones is 1. The van der Waals surface area contributed by atoms with Crippen molar-refractivity contribution in [2.24, 2.45) is 0 Å². The summed E-state index contributed by atoms with van der Waals surface area (Å²) in [4.78, 5) is 34.5. The Balaban J connectivity index is 2.52. The molecule has 132 valence electrons. The van der Waals surface area contributed by atoms with Gasteiger partial charge in [-0.05, 0) is 45.9 Å². The molecule has 1 N–H and O–H groups in total. The summed E-state index contributed by atoms with van der Waals surface area (Å²) in [5.74, 6) is -0.542. The second-order valence-corrected chi connectivity index (χ2v) is 6.17. The SMILES string of the molecule is COc1cc(C(C)=O)ccc1OCC(=O)OCC(=O)NC(C)(C)C. The predicted octanol–water partition coefficient (Wildman–Crippen LogP) is 1.73. The van der Waals surface area contributed by atoms with Gasteiger partial charge in [0, 0.05) is 11.1 Å². The first-order valence-corrected chi connectivity index (χ1v) is 7.41. The third-order valence-electron chi connectivity index (χ3n) is 2.79. The van der Waals surface area contributed by atoms with Gasteiger partial charge in [0.1, 0.15) is 0 Å². The van der Waals surface area contributed by atoms with Crippen LogP contribution in [0.3, 0.4) is 0 Å². The molecule has 1 amide bonds. The average Bonchev–Trinajstić information content (AvgIpc) is 2.48. The number of methoxy groups -OCH3 is 1. The molecule has 0 heterocycles. The van der Waals surface area contributed by atoms with Crippen molar-refractivity contribution in [1.82, 2.24) is 5.32 Å². The first-order valence-electron chi connectivity index (χ1n) is 7.41. The van der Waals surface area contributed by atoms with E-state index in [-0.39, 0.29) is 24.9 Å². The van der Waals surface area contributed by atoms with E-state index >= 15 is 0 Å². The summed E-state index contributed by atoms with van der Waals surface area (Å²) < 4.78 is 15.3. The fourth-order valence-corrected chi connectivity index (χ4v) is 1.78. The lowest BCUT2D eigenvalue weighted by Crippen LogP contribution is -2.43. The molecule has 1 rings (SSSR count). The van der Waals surface area contributed by atoms with E-state index in [2.05, 4.69) is 5.32 Å². The molecular formula is C17H23NO6. The van der Waals surface area contributed by atoms with Gasteiger partial charge in [-0.25, -0.2) is 4.79 Å². The minimum Gasteiger partial charge on any atom is -0.493 e. The summed E-state index contributed by atoms with van der Waals surface area (Å²) in [6, 6.07) is 4.64. The number of rotatable bonds is 7. The molecule has 0 aromatic heterocycles. The van der Waals surface area contributed by atoms with E-state index in [0.29, 0.717) is 17.1 Å². The van der Waals surface area contributed by atoms with Gasteiger partial charge in [-0.15, -0.1) is 0 Å². The topological polar surface area (TPSA) is 90.9 Å². The highest BCUT2D eigenvalue weighted by atomic mass is 16.6. The number of hydrogen-bond donors (Lipinski definition) is 1. The highest BCUT2D eigenvalue weighted by Crippen LogP contribution is 2.28. The zero-order chi connectivity index (χ0) is 18.3. The summed E-state index contributed by atoms with van der Waals surface area (Å²) in [5, 5.41) is 2.67. The fraction of sp³-hybridized carbons (Fsp3) is 0.471. The number of amides is 1. The first-order chi connectivity index (χ1) is 11.1. The van der Waals surface area contributed by atoms with Crippen molar-refractivity contribution in [1.29, 1.82) is 0 Å². The lowest BCUT2D eigenvalue weighted by Gasteiger charge is -2.20. The van der Waals surface area contributed by atoms with Gasteiger partial charge in [0.05, 0.1) is 7.11 Å². The highest BCUT2D eigenvalue weighted by Gasteiger charge is 2.16. The van der Waals surface area contributed by atoms with Gasteiger partial charge >= 0.3 is 5.97 Å². The largest absolute Gasteiger partial charge is 0.493 e. The molecule has 0 atom stereocenters.